The lowest BCUT2D eigenvalue weighted by atomic mass is 10.2. The number of pyridine rings is 2. The molecule has 0 fully saturated rings. The molecule has 7 nitrogen and oxygen atoms in total. The van der Waals surface area contributed by atoms with Crippen LogP contribution in [0.5, 0.6) is 5.75 Å². The molecule has 0 saturated carbocycles. The lowest BCUT2D eigenvalue weighted by Gasteiger charge is -2.22. The molecule has 0 atom stereocenters. The molecule has 0 aliphatic carbocycles. The van der Waals surface area contributed by atoms with E-state index >= 15 is 0 Å². The Hall–Kier alpha value is -3.20. The summed E-state index contributed by atoms with van der Waals surface area (Å²) in [5.74, 6) is 0.724. The van der Waals surface area contributed by atoms with Crippen LogP contribution >= 0.6 is 12.4 Å². The van der Waals surface area contributed by atoms with E-state index in [1.165, 1.54) is 0 Å². The van der Waals surface area contributed by atoms with Gasteiger partial charge in [-0.25, -0.2) is 8.42 Å². The van der Waals surface area contributed by atoms with Gasteiger partial charge in [-0.15, -0.1) is 12.4 Å². The van der Waals surface area contributed by atoms with Crippen molar-refractivity contribution in [3.8, 4) is 5.75 Å². The molecule has 0 amide bonds. The van der Waals surface area contributed by atoms with Crippen LogP contribution in [0.3, 0.4) is 0 Å². The Morgan fingerprint density at radius 1 is 0.944 bits per heavy atom. The van der Waals surface area contributed by atoms with Gasteiger partial charge in [0.05, 0.1) is 17.0 Å². The molecule has 2 aromatic carbocycles. The number of hydrogen-bond donors (Lipinski definition) is 0. The van der Waals surface area contributed by atoms with Gasteiger partial charge in [0.1, 0.15) is 5.75 Å². The van der Waals surface area contributed by atoms with E-state index < -0.39 is 10.0 Å². The van der Waals surface area contributed by atoms with Crippen molar-refractivity contribution < 1.29 is 13.2 Å². The molecule has 0 N–H and O–H groups in total. The van der Waals surface area contributed by atoms with Crippen LogP contribution in [0.1, 0.15) is 18.4 Å². The first-order valence-electron chi connectivity index (χ1n) is 11.6. The monoisotopic (exact) mass is 527 g/mol. The number of sulfonamides is 1. The predicted octanol–water partition coefficient (Wildman–Crippen LogP) is 4.45. The Kier molecular flexibility index (Phi) is 9.64. The van der Waals surface area contributed by atoms with Gasteiger partial charge in [0.15, 0.2) is 0 Å². The van der Waals surface area contributed by atoms with Gasteiger partial charge < -0.3 is 9.30 Å². The molecule has 0 radical (unpaired) electrons. The van der Waals surface area contributed by atoms with E-state index in [0.29, 0.717) is 43.9 Å². The van der Waals surface area contributed by atoms with Crippen LogP contribution in [0.15, 0.2) is 94.9 Å². The van der Waals surface area contributed by atoms with E-state index in [1.807, 2.05) is 36.4 Å². The first-order valence-corrected chi connectivity index (χ1v) is 13.1. The molecule has 4 aromatic rings. The fourth-order valence-electron chi connectivity index (χ4n) is 3.93. The van der Waals surface area contributed by atoms with E-state index in [4.69, 9.17) is 4.74 Å². The van der Waals surface area contributed by atoms with E-state index in [0.717, 1.165) is 22.2 Å². The predicted molar refractivity (Wildman–Crippen MR) is 144 cm³/mol. The number of rotatable bonds is 11. The van der Waals surface area contributed by atoms with Gasteiger partial charge in [-0.3, -0.25) is 9.78 Å². The zero-order chi connectivity index (χ0) is 24.7. The first kappa shape index (κ1) is 27.4. The van der Waals surface area contributed by atoms with Gasteiger partial charge in [-0.2, -0.15) is 4.31 Å². The fourth-order valence-corrected chi connectivity index (χ4v) is 5.43. The summed E-state index contributed by atoms with van der Waals surface area (Å²) >= 11 is 0. The van der Waals surface area contributed by atoms with Crippen LogP contribution in [-0.2, 0) is 23.5 Å². The summed E-state index contributed by atoms with van der Waals surface area (Å²) in [5.41, 5.74) is 1.79. The smallest absolute Gasteiger partial charge is 0.250 e. The van der Waals surface area contributed by atoms with Crippen LogP contribution < -0.4 is 10.3 Å². The van der Waals surface area contributed by atoms with Gasteiger partial charge in [0.25, 0.3) is 5.56 Å². The second-order valence-electron chi connectivity index (χ2n) is 8.34. The van der Waals surface area contributed by atoms with Crippen molar-refractivity contribution in [1.82, 2.24) is 13.9 Å². The lowest BCUT2D eigenvalue weighted by molar-refractivity contribution is 0.297. The van der Waals surface area contributed by atoms with Gasteiger partial charge in [-0.05, 0) is 67.3 Å². The second-order valence-corrected chi connectivity index (χ2v) is 10.3. The first-order chi connectivity index (χ1) is 16.9. The van der Waals surface area contributed by atoms with Crippen LogP contribution in [0.4, 0.5) is 0 Å². The average Bonchev–Trinajstić information content (AvgIpc) is 2.89. The molecule has 2 heterocycles. The average molecular weight is 528 g/mol. The maximum absolute atomic E-state index is 13.3. The van der Waals surface area contributed by atoms with Gasteiger partial charge in [0.2, 0.25) is 10.0 Å². The van der Waals surface area contributed by atoms with E-state index in [-0.39, 0.29) is 18.0 Å². The summed E-state index contributed by atoms with van der Waals surface area (Å²) in [6.45, 7) is 1.26. The molecule has 4 rings (SSSR count). The lowest BCUT2D eigenvalue weighted by Crippen LogP contribution is -2.34. The maximum Gasteiger partial charge on any atom is 0.250 e. The molecule has 0 bridgehead atoms. The summed E-state index contributed by atoms with van der Waals surface area (Å²) < 4.78 is 35.6. The van der Waals surface area contributed by atoms with Crippen molar-refractivity contribution in [1.29, 1.82) is 0 Å². The quantitative estimate of drug-likeness (QED) is 0.269. The number of nitrogens with zero attached hydrogens (tertiary/aromatic N) is 3. The Morgan fingerprint density at radius 3 is 2.50 bits per heavy atom. The van der Waals surface area contributed by atoms with Gasteiger partial charge >= 0.3 is 0 Å². The van der Waals surface area contributed by atoms with Crippen molar-refractivity contribution in [3.05, 3.63) is 101 Å². The number of halogens is 1. The van der Waals surface area contributed by atoms with E-state index in [1.54, 1.807) is 64.7 Å². The summed E-state index contributed by atoms with van der Waals surface area (Å²) in [6.07, 6.45) is 5.44. The molecule has 36 heavy (non-hydrogen) atoms. The van der Waals surface area contributed by atoms with Gasteiger partial charge in [-0.1, -0.05) is 24.3 Å². The van der Waals surface area contributed by atoms with E-state index in [9.17, 15) is 13.2 Å². The Balaban J connectivity index is 0.00000361. The highest BCUT2D eigenvalue weighted by atomic mass is 35.5. The molecule has 0 saturated heterocycles. The van der Waals surface area contributed by atoms with Crippen molar-refractivity contribution in [3.63, 3.8) is 0 Å². The fraction of sp³-hybridized carbons (Fsp3) is 0.259. The standard InChI is InChI=1S/C27H29N3O4S.ClH/c1-29-26-13-12-24(20-23(26)11-14-27(29)31)34-19-6-5-17-30(18-15-22-8-7-16-28-21-22)35(32,33)25-9-3-2-4-10-25;/h2-4,7-14,16,20-21H,5-6,15,17-19H2,1H3;1H. The van der Waals surface area contributed by atoms with Crippen LogP contribution in [-0.4, -0.2) is 42.0 Å². The van der Waals surface area contributed by atoms with Crippen LogP contribution in [0.2, 0.25) is 0 Å². The minimum absolute atomic E-state index is 0. The SMILES string of the molecule is Cl.Cn1c(=O)ccc2cc(OCCCCN(CCc3cccnc3)S(=O)(=O)c3ccccc3)ccc21. The molecule has 0 aliphatic rings. The molecular weight excluding hydrogens is 498 g/mol. The van der Waals surface area contributed by atoms with Gasteiger partial charge in [0, 0.05) is 44.0 Å². The topological polar surface area (TPSA) is 81.5 Å². The highest BCUT2D eigenvalue weighted by molar-refractivity contribution is 7.89. The molecular formula is C27H30ClN3O4S. The molecule has 190 valence electrons. The number of fused-ring (bicyclic) bond motifs is 1. The summed E-state index contributed by atoms with van der Waals surface area (Å²) in [6, 6.07) is 21.3. The van der Waals surface area contributed by atoms with Crippen molar-refractivity contribution in [2.24, 2.45) is 7.05 Å². The van der Waals surface area contributed by atoms with Crippen molar-refractivity contribution in [2.75, 3.05) is 19.7 Å². The summed E-state index contributed by atoms with van der Waals surface area (Å²) in [7, 11) is -1.85. The minimum atomic E-state index is -3.60. The Labute approximate surface area is 217 Å². The highest BCUT2D eigenvalue weighted by Gasteiger charge is 2.23. The zero-order valence-corrected chi connectivity index (χ0v) is 21.7. The van der Waals surface area contributed by atoms with Crippen molar-refractivity contribution in [2.45, 2.75) is 24.2 Å². The Morgan fingerprint density at radius 2 is 1.75 bits per heavy atom. The third-order valence-corrected chi connectivity index (χ3v) is 7.83. The largest absolute Gasteiger partial charge is 0.494 e. The number of benzene rings is 2. The zero-order valence-electron chi connectivity index (χ0n) is 20.1. The summed E-state index contributed by atoms with van der Waals surface area (Å²) in [5, 5.41) is 0.931. The Bertz CT molecular complexity index is 1430. The maximum atomic E-state index is 13.3. The molecule has 0 spiro atoms. The summed E-state index contributed by atoms with van der Waals surface area (Å²) in [4.78, 5) is 16.2. The third-order valence-electron chi connectivity index (χ3n) is 5.92. The van der Waals surface area contributed by atoms with Crippen LogP contribution in [0.25, 0.3) is 10.9 Å². The molecule has 0 unspecified atom stereocenters. The molecule has 2 aromatic heterocycles. The van der Waals surface area contributed by atoms with E-state index in [2.05, 4.69) is 4.98 Å². The molecule has 0 aliphatic heterocycles. The number of hydrogen-bond acceptors (Lipinski definition) is 5. The van der Waals surface area contributed by atoms with Crippen molar-refractivity contribution >= 4 is 33.3 Å². The highest BCUT2D eigenvalue weighted by Crippen LogP contribution is 2.20. The normalized spacial score (nSPS) is 11.4. The molecule has 9 heteroatoms. The second kappa shape index (κ2) is 12.7. The number of ether oxygens (including phenoxy) is 1. The number of aromatic nitrogens is 2. The number of aryl methyl sites for hydroxylation is 1. The van der Waals surface area contributed by atoms with Crippen LogP contribution in [0, 0.1) is 0 Å². The number of unbranched alkanes of at least 4 members (excludes halogenated alkanes) is 1. The third kappa shape index (κ3) is 6.72. The minimum Gasteiger partial charge on any atom is -0.494 e.